The standard InChI is InChI=1S/C20H24N2O3S/c1-25-17-6-2-5-16(15-17)20(24)22-11-4-10-21(12-13-22)19(23)9-8-18-7-3-14-26-18/h2-3,5-7,14-15H,4,8-13H2,1H3. The summed E-state index contributed by atoms with van der Waals surface area (Å²) in [5.41, 5.74) is 0.627. The predicted octanol–water partition coefficient (Wildman–Crippen LogP) is 3.06. The van der Waals surface area contributed by atoms with Gasteiger partial charge in [0.2, 0.25) is 5.91 Å². The fraction of sp³-hybridized carbons (Fsp3) is 0.400. The van der Waals surface area contributed by atoms with E-state index in [2.05, 4.69) is 6.07 Å². The minimum atomic E-state index is -0.00298. The Morgan fingerprint density at radius 2 is 1.88 bits per heavy atom. The third kappa shape index (κ3) is 4.64. The monoisotopic (exact) mass is 372 g/mol. The second-order valence-corrected chi connectivity index (χ2v) is 7.37. The summed E-state index contributed by atoms with van der Waals surface area (Å²) in [6.45, 7) is 2.55. The molecule has 0 radical (unpaired) electrons. The normalized spacial score (nSPS) is 14.8. The molecule has 2 heterocycles. The van der Waals surface area contributed by atoms with Crippen molar-refractivity contribution in [3.05, 3.63) is 52.2 Å². The number of rotatable bonds is 5. The zero-order valence-electron chi connectivity index (χ0n) is 15.0. The summed E-state index contributed by atoms with van der Waals surface area (Å²) in [6, 6.07) is 11.3. The number of carbonyl (C=O) groups is 2. The summed E-state index contributed by atoms with van der Waals surface area (Å²) in [5.74, 6) is 0.849. The molecule has 0 atom stereocenters. The van der Waals surface area contributed by atoms with Crippen LogP contribution >= 0.6 is 11.3 Å². The lowest BCUT2D eigenvalue weighted by molar-refractivity contribution is -0.131. The van der Waals surface area contributed by atoms with Gasteiger partial charge in [-0.15, -0.1) is 11.3 Å². The van der Waals surface area contributed by atoms with E-state index >= 15 is 0 Å². The Balaban J connectivity index is 1.55. The van der Waals surface area contributed by atoms with Crippen molar-refractivity contribution in [1.82, 2.24) is 9.80 Å². The molecule has 0 N–H and O–H groups in total. The first-order valence-corrected chi connectivity index (χ1v) is 9.79. The highest BCUT2D eigenvalue weighted by molar-refractivity contribution is 7.09. The summed E-state index contributed by atoms with van der Waals surface area (Å²) in [5, 5.41) is 2.04. The van der Waals surface area contributed by atoms with Gasteiger partial charge in [0.05, 0.1) is 7.11 Å². The van der Waals surface area contributed by atoms with Crippen molar-refractivity contribution in [2.75, 3.05) is 33.3 Å². The van der Waals surface area contributed by atoms with Crippen LogP contribution in [0.1, 0.15) is 28.1 Å². The molecule has 1 aliphatic heterocycles. The van der Waals surface area contributed by atoms with E-state index in [1.54, 1.807) is 30.6 Å². The zero-order chi connectivity index (χ0) is 18.4. The summed E-state index contributed by atoms with van der Waals surface area (Å²) >= 11 is 1.69. The van der Waals surface area contributed by atoms with Gasteiger partial charge in [0, 0.05) is 43.0 Å². The molecular formula is C20H24N2O3S. The first-order valence-electron chi connectivity index (χ1n) is 8.91. The average molecular weight is 372 g/mol. The second kappa shape index (κ2) is 8.85. The van der Waals surface area contributed by atoms with Gasteiger partial charge in [-0.2, -0.15) is 0 Å². The van der Waals surface area contributed by atoms with Crippen molar-refractivity contribution in [1.29, 1.82) is 0 Å². The van der Waals surface area contributed by atoms with Crippen LogP contribution in [0.2, 0.25) is 0 Å². The molecule has 0 unspecified atom stereocenters. The van der Waals surface area contributed by atoms with Gasteiger partial charge in [-0.25, -0.2) is 0 Å². The van der Waals surface area contributed by atoms with Crippen LogP contribution < -0.4 is 4.74 Å². The molecule has 6 heteroatoms. The molecule has 1 aliphatic rings. The first kappa shape index (κ1) is 18.5. The highest BCUT2D eigenvalue weighted by atomic mass is 32.1. The van der Waals surface area contributed by atoms with Gasteiger partial charge in [0.25, 0.3) is 5.91 Å². The SMILES string of the molecule is COc1cccc(C(=O)N2CCCN(C(=O)CCc3cccs3)CC2)c1. The fourth-order valence-corrected chi connectivity index (χ4v) is 3.86. The Morgan fingerprint density at radius 3 is 2.65 bits per heavy atom. The van der Waals surface area contributed by atoms with E-state index in [1.807, 2.05) is 33.4 Å². The molecule has 1 aromatic heterocycles. The molecule has 5 nitrogen and oxygen atoms in total. The highest BCUT2D eigenvalue weighted by Crippen LogP contribution is 2.16. The maximum absolute atomic E-state index is 12.7. The van der Waals surface area contributed by atoms with E-state index in [1.165, 1.54) is 4.88 Å². The number of amides is 2. The molecule has 0 saturated carbocycles. The third-order valence-corrected chi connectivity index (χ3v) is 5.55. The van der Waals surface area contributed by atoms with Crippen LogP contribution in [0, 0.1) is 0 Å². The largest absolute Gasteiger partial charge is 0.497 e. The van der Waals surface area contributed by atoms with Gasteiger partial charge in [-0.1, -0.05) is 12.1 Å². The molecule has 2 aromatic rings. The minimum Gasteiger partial charge on any atom is -0.497 e. The molecule has 2 amide bonds. The van der Waals surface area contributed by atoms with Gasteiger partial charge in [-0.05, 0) is 42.5 Å². The van der Waals surface area contributed by atoms with E-state index in [9.17, 15) is 9.59 Å². The van der Waals surface area contributed by atoms with E-state index in [-0.39, 0.29) is 11.8 Å². The van der Waals surface area contributed by atoms with Gasteiger partial charge in [0.15, 0.2) is 0 Å². The number of thiophene rings is 1. The molecule has 1 fully saturated rings. The Morgan fingerprint density at radius 1 is 1.08 bits per heavy atom. The summed E-state index contributed by atoms with van der Waals surface area (Å²) in [6.07, 6.45) is 2.13. The lowest BCUT2D eigenvalue weighted by Crippen LogP contribution is -2.37. The van der Waals surface area contributed by atoms with E-state index < -0.39 is 0 Å². The van der Waals surface area contributed by atoms with Crippen molar-refractivity contribution < 1.29 is 14.3 Å². The Kier molecular flexibility index (Phi) is 6.28. The van der Waals surface area contributed by atoms with Crippen LogP contribution in [0.5, 0.6) is 5.75 Å². The van der Waals surface area contributed by atoms with Crippen LogP contribution in [0.15, 0.2) is 41.8 Å². The quantitative estimate of drug-likeness (QED) is 0.810. The van der Waals surface area contributed by atoms with Crippen molar-refractivity contribution in [2.24, 2.45) is 0 Å². The number of methoxy groups -OCH3 is 1. The molecule has 0 spiro atoms. The van der Waals surface area contributed by atoms with Crippen LogP contribution in [-0.4, -0.2) is 54.9 Å². The average Bonchev–Trinajstić information content (AvgIpc) is 3.08. The van der Waals surface area contributed by atoms with Crippen LogP contribution in [-0.2, 0) is 11.2 Å². The van der Waals surface area contributed by atoms with Crippen molar-refractivity contribution >= 4 is 23.2 Å². The molecular weight excluding hydrogens is 348 g/mol. The lowest BCUT2D eigenvalue weighted by atomic mass is 10.2. The van der Waals surface area contributed by atoms with Crippen molar-refractivity contribution in [2.45, 2.75) is 19.3 Å². The van der Waals surface area contributed by atoms with E-state index in [0.717, 1.165) is 12.8 Å². The van der Waals surface area contributed by atoms with Crippen molar-refractivity contribution in [3.8, 4) is 5.75 Å². The van der Waals surface area contributed by atoms with Crippen LogP contribution in [0.25, 0.3) is 0 Å². The number of aryl methyl sites for hydroxylation is 1. The second-order valence-electron chi connectivity index (χ2n) is 6.34. The molecule has 1 aromatic carbocycles. The maximum atomic E-state index is 12.7. The lowest BCUT2D eigenvalue weighted by Gasteiger charge is -2.22. The highest BCUT2D eigenvalue weighted by Gasteiger charge is 2.23. The van der Waals surface area contributed by atoms with E-state index in [0.29, 0.717) is 43.9 Å². The maximum Gasteiger partial charge on any atom is 0.254 e. The van der Waals surface area contributed by atoms with Crippen LogP contribution in [0.4, 0.5) is 0 Å². The molecule has 0 aliphatic carbocycles. The van der Waals surface area contributed by atoms with E-state index in [4.69, 9.17) is 4.74 Å². The molecule has 138 valence electrons. The number of nitrogens with zero attached hydrogens (tertiary/aromatic N) is 2. The van der Waals surface area contributed by atoms with Crippen LogP contribution in [0.3, 0.4) is 0 Å². The summed E-state index contributed by atoms with van der Waals surface area (Å²) in [7, 11) is 1.59. The number of benzene rings is 1. The number of ether oxygens (including phenoxy) is 1. The van der Waals surface area contributed by atoms with Gasteiger partial charge < -0.3 is 14.5 Å². The number of hydrogen-bond acceptors (Lipinski definition) is 4. The smallest absolute Gasteiger partial charge is 0.254 e. The molecule has 3 rings (SSSR count). The Bertz CT molecular complexity index is 745. The predicted molar refractivity (Wildman–Crippen MR) is 103 cm³/mol. The molecule has 0 bridgehead atoms. The summed E-state index contributed by atoms with van der Waals surface area (Å²) < 4.78 is 5.20. The molecule has 1 saturated heterocycles. The van der Waals surface area contributed by atoms with Gasteiger partial charge >= 0.3 is 0 Å². The Hall–Kier alpha value is -2.34. The summed E-state index contributed by atoms with van der Waals surface area (Å²) in [4.78, 5) is 30.2. The topological polar surface area (TPSA) is 49.9 Å². The number of hydrogen-bond donors (Lipinski definition) is 0. The van der Waals surface area contributed by atoms with Gasteiger partial charge in [-0.3, -0.25) is 9.59 Å². The van der Waals surface area contributed by atoms with Gasteiger partial charge in [0.1, 0.15) is 5.75 Å². The first-order chi connectivity index (χ1) is 12.7. The third-order valence-electron chi connectivity index (χ3n) is 4.62. The minimum absolute atomic E-state index is 0.00298. The molecule has 26 heavy (non-hydrogen) atoms. The van der Waals surface area contributed by atoms with Crippen molar-refractivity contribution in [3.63, 3.8) is 0 Å². The fourth-order valence-electron chi connectivity index (χ4n) is 3.15. The Labute approximate surface area is 158 Å². The number of carbonyl (C=O) groups excluding carboxylic acids is 2. The zero-order valence-corrected chi connectivity index (χ0v) is 15.8.